The summed E-state index contributed by atoms with van der Waals surface area (Å²) in [6, 6.07) is 10.7. The van der Waals surface area contributed by atoms with Crippen LogP contribution in [0.4, 0.5) is 5.69 Å². The van der Waals surface area contributed by atoms with Crippen molar-refractivity contribution in [2.75, 3.05) is 18.0 Å². The summed E-state index contributed by atoms with van der Waals surface area (Å²) in [5.41, 5.74) is 3.91. The number of piperidine rings is 1. The van der Waals surface area contributed by atoms with Crippen molar-refractivity contribution in [3.05, 3.63) is 45.9 Å². The number of benzene rings is 1. The highest BCUT2D eigenvalue weighted by atomic mass is 32.1. The summed E-state index contributed by atoms with van der Waals surface area (Å²) in [6.07, 6.45) is 5.82. The third-order valence-corrected chi connectivity index (χ3v) is 4.89. The highest BCUT2D eigenvalue weighted by Gasteiger charge is 2.10. The van der Waals surface area contributed by atoms with E-state index in [9.17, 15) is 5.26 Å². The van der Waals surface area contributed by atoms with Gasteiger partial charge in [-0.1, -0.05) is 12.1 Å². The molecule has 1 fully saturated rings. The van der Waals surface area contributed by atoms with E-state index in [0.717, 1.165) is 29.4 Å². The van der Waals surface area contributed by atoms with Crippen LogP contribution < -0.4 is 4.90 Å². The number of allylic oxidation sites excluding steroid dienone is 1. The van der Waals surface area contributed by atoms with Gasteiger partial charge in [-0.3, -0.25) is 0 Å². The van der Waals surface area contributed by atoms with Crippen LogP contribution in [0.2, 0.25) is 0 Å². The fraction of sp³-hybridized carbons (Fsp3) is 0.333. The van der Waals surface area contributed by atoms with E-state index in [1.54, 1.807) is 0 Å². The van der Waals surface area contributed by atoms with Crippen LogP contribution in [0.15, 0.2) is 29.6 Å². The van der Waals surface area contributed by atoms with E-state index in [0.29, 0.717) is 5.57 Å². The molecule has 0 aliphatic carbocycles. The van der Waals surface area contributed by atoms with E-state index in [2.05, 4.69) is 40.2 Å². The van der Waals surface area contributed by atoms with Crippen LogP contribution >= 0.6 is 11.3 Å². The standard InChI is InChI=1S/C18H19N3S/c1-14-13-22-18(20-14)16(12-19)11-15-5-7-17(8-6-15)21-9-3-2-4-10-21/h5-8,11,13H,2-4,9-10H2,1H3/b16-11-. The van der Waals surface area contributed by atoms with E-state index < -0.39 is 0 Å². The number of nitriles is 1. The maximum atomic E-state index is 9.35. The highest BCUT2D eigenvalue weighted by molar-refractivity contribution is 7.11. The average molecular weight is 309 g/mol. The van der Waals surface area contributed by atoms with Crippen LogP contribution in [-0.4, -0.2) is 18.1 Å². The van der Waals surface area contributed by atoms with E-state index in [-0.39, 0.29) is 0 Å². The zero-order valence-electron chi connectivity index (χ0n) is 12.7. The normalized spacial score (nSPS) is 15.6. The molecule has 0 amide bonds. The molecule has 2 aromatic rings. The monoisotopic (exact) mass is 309 g/mol. The average Bonchev–Trinajstić information content (AvgIpc) is 3.00. The van der Waals surface area contributed by atoms with Gasteiger partial charge in [0, 0.05) is 29.9 Å². The highest BCUT2D eigenvalue weighted by Crippen LogP contribution is 2.24. The molecule has 22 heavy (non-hydrogen) atoms. The molecule has 0 saturated carbocycles. The quantitative estimate of drug-likeness (QED) is 0.783. The molecule has 0 N–H and O–H groups in total. The first kappa shape index (κ1) is 14.8. The zero-order valence-corrected chi connectivity index (χ0v) is 13.6. The third-order valence-electron chi connectivity index (χ3n) is 3.90. The van der Waals surface area contributed by atoms with Gasteiger partial charge in [0.15, 0.2) is 0 Å². The van der Waals surface area contributed by atoms with Crippen molar-refractivity contribution in [1.82, 2.24) is 4.98 Å². The summed E-state index contributed by atoms with van der Waals surface area (Å²) in [5.74, 6) is 0. The Morgan fingerprint density at radius 3 is 2.55 bits per heavy atom. The summed E-state index contributed by atoms with van der Waals surface area (Å²) >= 11 is 1.52. The van der Waals surface area contributed by atoms with Crippen molar-refractivity contribution < 1.29 is 0 Å². The molecular weight excluding hydrogens is 290 g/mol. The van der Waals surface area contributed by atoms with Crippen molar-refractivity contribution in [1.29, 1.82) is 5.26 Å². The molecular formula is C18H19N3S. The Hall–Kier alpha value is -2.12. The van der Waals surface area contributed by atoms with Gasteiger partial charge in [-0.25, -0.2) is 4.98 Å². The minimum Gasteiger partial charge on any atom is -0.372 e. The van der Waals surface area contributed by atoms with E-state index >= 15 is 0 Å². The molecule has 2 heterocycles. The number of anilines is 1. The summed E-state index contributed by atoms with van der Waals surface area (Å²) in [5, 5.41) is 12.1. The Morgan fingerprint density at radius 2 is 1.95 bits per heavy atom. The van der Waals surface area contributed by atoms with Crippen molar-refractivity contribution >= 4 is 28.7 Å². The van der Waals surface area contributed by atoms with Gasteiger partial charge in [-0.05, 0) is 50.0 Å². The van der Waals surface area contributed by atoms with Crippen LogP contribution in [0.1, 0.15) is 35.5 Å². The Morgan fingerprint density at radius 1 is 1.23 bits per heavy atom. The summed E-state index contributed by atoms with van der Waals surface area (Å²) < 4.78 is 0. The number of aromatic nitrogens is 1. The Balaban J connectivity index is 1.80. The number of hydrogen-bond acceptors (Lipinski definition) is 4. The van der Waals surface area contributed by atoms with Crippen molar-refractivity contribution in [2.24, 2.45) is 0 Å². The Labute approximate surface area is 135 Å². The summed E-state index contributed by atoms with van der Waals surface area (Å²) in [7, 11) is 0. The minimum absolute atomic E-state index is 0.629. The van der Waals surface area contributed by atoms with Gasteiger partial charge in [0.05, 0.1) is 5.57 Å². The molecule has 0 spiro atoms. The predicted molar refractivity (Wildman–Crippen MR) is 92.8 cm³/mol. The molecule has 1 aromatic heterocycles. The van der Waals surface area contributed by atoms with E-state index in [4.69, 9.17) is 0 Å². The first-order chi connectivity index (χ1) is 10.8. The summed E-state index contributed by atoms with van der Waals surface area (Å²) in [6.45, 7) is 4.25. The van der Waals surface area contributed by atoms with Crippen molar-refractivity contribution in [2.45, 2.75) is 26.2 Å². The van der Waals surface area contributed by atoms with Crippen molar-refractivity contribution in [3.8, 4) is 6.07 Å². The summed E-state index contributed by atoms with van der Waals surface area (Å²) in [4.78, 5) is 6.83. The molecule has 1 aliphatic rings. The van der Waals surface area contributed by atoms with Crippen molar-refractivity contribution in [3.63, 3.8) is 0 Å². The number of hydrogen-bond donors (Lipinski definition) is 0. The fourth-order valence-electron chi connectivity index (χ4n) is 2.72. The number of thiazole rings is 1. The maximum Gasteiger partial charge on any atom is 0.134 e. The lowest BCUT2D eigenvalue weighted by molar-refractivity contribution is 0.578. The van der Waals surface area contributed by atoms with Crippen LogP contribution in [0.3, 0.4) is 0 Å². The van der Waals surface area contributed by atoms with Gasteiger partial charge in [-0.15, -0.1) is 11.3 Å². The molecule has 0 bridgehead atoms. The smallest absolute Gasteiger partial charge is 0.134 e. The largest absolute Gasteiger partial charge is 0.372 e. The second-order valence-corrected chi connectivity index (χ2v) is 6.46. The second-order valence-electron chi connectivity index (χ2n) is 5.60. The zero-order chi connectivity index (χ0) is 15.4. The van der Waals surface area contributed by atoms with Crippen LogP contribution in [0.5, 0.6) is 0 Å². The molecule has 1 saturated heterocycles. The SMILES string of the molecule is Cc1csc(/C(C#N)=C\c2ccc(N3CCCCC3)cc2)n1. The Kier molecular flexibility index (Phi) is 4.55. The molecule has 3 rings (SSSR count). The van der Waals surface area contributed by atoms with E-state index in [1.165, 1.54) is 36.3 Å². The minimum atomic E-state index is 0.629. The van der Waals surface area contributed by atoms with Crippen LogP contribution in [0.25, 0.3) is 11.6 Å². The molecule has 3 nitrogen and oxygen atoms in total. The molecule has 0 radical (unpaired) electrons. The molecule has 1 aliphatic heterocycles. The van der Waals surface area contributed by atoms with Gasteiger partial charge in [-0.2, -0.15) is 5.26 Å². The number of aryl methyl sites for hydroxylation is 1. The van der Waals surface area contributed by atoms with Gasteiger partial charge in [0.1, 0.15) is 11.1 Å². The second kappa shape index (κ2) is 6.76. The lowest BCUT2D eigenvalue weighted by Gasteiger charge is -2.28. The number of rotatable bonds is 3. The Bertz CT molecular complexity index is 701. The first-order valence-corrected chi connectivity index (χ1v) is 8.53. The van der Waals surface area contributed by atoms with Crippen LogP contribution in [0, 0.1) is 18.3 Å². The maximum absolute atomic E-state index is 9.35. The molecule has 1 aromatic carbocycles. The lowest BCUT2D eigenvalue weighted by Crippen LogP contribution is -2.29. The van der Waals surface area contributed by atoms with Gasteiger partial charge < -0.3 is 4.90 Å². The van der Waals surface area contributed by atoms with Gasteiger partial charge >= 0.3 is 0 Å². The predicted octanol–water partition coefficient (Wildman–Crippen LogP) is 4.51. The first-order valence-electron chi connectivity index (χ1n) is 7.65. The fourth-order valence-corrected chi connectivity index (χ4v) is 3.48. The lowest BCUT2D eigenvalue weighted by atomic mass is 10.1. The number of nitrogens with zero attached hydrogens (tertiary/aromatic N) is 3. The molecule has 4 heteroatoms. The third kappa shape index (κ3) is 3.37. The van der Waals surface area contributed by atoms with Gasteiger partial charge in [0.2, 0.25) is 0 Å². The molecule has 0 atom stereocenters. The van der Waals surface area contributed by atoms with Crippen LogP contribution in [-0.2, 0) is 0 Å². The van der Waals surface area contributed by atoms with E-state index in [1.807, 2.05) is 18.4 Å². The molecule has 0 unspecified atom stereocenters. The van der Waals surface area contributed by atoms with Gasteiger partial charge in [0.25, 0.3) is 0 Å². The molecule has 112 valence electrons. The topological polar surface area (TPSA) is 39.9 Å².